The topological polar surface area (TPSA) is 79.5 Å². The molecule has 2 aromatic rings. The van der Waals surface area contributed by atoms with Crippen molar-refractivity contribution in [3.63, 3.8) is 0 Å². The van der Waals surface area contributed by atoms with Crippen LogP contribution in [0.15, 0.2) is 40.8 Å². The van der Waals surface area contributed by atoms with E-state index in [-0.39, 0.29) is 18.2 Å². The van der Waals surface area contributed by atoms with Gasteiger partial charge in [0.05, 0.1) is 12.0 Å². The second-order valence-corrected chi connectivity index (χ2v) is 5.77. The molecule has 1 heterocycles. The van der Waals surface area contributed by atoms with Gasteiger partial charge < -0.3 is 14.8 Å². The first-order valence-corrected chi connectivity index (χ1v) is 7.05. The van der Waals surface area contributed by atoms with Crippen LogP contribution in [0.5, 0.6) is 0 Å². The molecule has 1 aromatic carbocycles. The van der Waals surface area contributed by atoms with Gasteiger partial charge in [0.25, 0.3) is 0 Å². The van der Waals surface area contributed by atoms with E-state index < -0.39 is 11.4 Å². The number of hydrogen-bond donors (Lipinski definition) is 2. The first kappa shape index (κ1) is 16.1. The number of carbonyl (C=O) groups excluding carboxylic acids is 1. The molecule has 6 heteroatoms. The van der Waals surface area contributed by atoms with Gasteiger partial charge in [-0.25, -0.2) is 4.79 Å². The largest absolute Gasteiger partial charge is 0.475 e. The van der Waals surface area contributed by atoms with E-state index in [2.05, 4.69) is 5.32 Å². The molecule has 0 spiro atoms. The van der Waals surface area contributed by atoms with Crippen molar-refractivity contribution in [1.82, 2.24) is 5.32 Å². The Bertz CT molecular complexity index is 706. The van der Waals surface area contributed by atoms with Crippen LogP contribution in [-0.4, -0.2) is 17.0 Å². The van der Waals surface area contributed by atoms with Crippen LogP contribution < -0.4 is 5.32 Å². The van der Waals surface area contributed by atoms with Crippen molar-refractivity contribution in [2.24, 2.45) is 0 Å². The maximum absolute atomic E-state index is 12.4. The molecule has 116 valence electrons. The quantitative estimate of drug-likeness (QED) is 0.886. The summed E-state index contributed by atoms with van der Waals surface area (Å²) in [4.78, 5) is 23.1. The number of nitrogens with one attached hydrogen (secondary N) is 1. The van der Waals surface area contributed by atoms with Crippen molar-refractivity contribution in [3.8, 4) is 0 Å². The summed E-state index contributed by atoms with van der Waals surface area (Å²) in [5.74, 6) is -1.15. The number of carbonyl (C=O) groups is 2. The third-order valence-corrected chi connectivity index (χ3v) is 3.74. The standard InChI is InChI=1S/C16H16ClNO4/c1-16(2,11-5-3-4-6-12(11)17)15(21)18-9-10-7-8-13(22-10)14(19)20/h3-8H,9H2,1-2H3,(H,18,21)(H,19,20). The minimum absolute atomic E-state index is 0.111. The van der Waals surface area contributed by atoms with E-state index in [0.717, 1.165) is 5.56 Å². The Kier molecular flexibility index (Phi) is 4.56. The van der Waals surface area contributed by atoms with Crippen LogP contribution in [-0.2, 0) is 16.8 Å². The van der Waals surface area contributed by atoms with Gasteiger partial charge in [0.1, 0.15) is 5.76 Å². The van der Waals surface area contributed by atoms with Gasteiger partial charge in [-0.2, -0.15) is 0 Å². The molecule has 22 heavy (non-hydrogen) atoms. The lowest BCUT2D eigenvalue weighted by Gasteiger charge is -2.25. The molecule has 0 unspecified atom stereocenters. The van der Waals surface area contributed by atoms with Crippen molar-refractivity contribution in [2.75, 3.05) is 0 Å². The summed E-state index contributed by atoms with van der Waals surface area (Å²) >= 11 is 6.14. The van der Waals surface area contributed by atoms with Gasteiger partial charge in [-0.05, 0) is 37.6 Å². The fourth-order valence-electron chi connectivity index (χ4n) is 2.07. The van der Waals surface area contributed by atoms with Crippen molar-refractivity contribution in [2.45, 2.75) is 25.8 Å². The Morgan fingerprint density at radius 1 is 1.23 bits per heavy atom. The molecule has 2 rings (SSSR count). The van der Waals surface area contributed by atoms with Crippen LogP contribution in [0.1, 0.15) is 35.7 Å². The number of carboxylic acid groups (broad SMARTS) is 1. The lowest BCUT2D eigenvalue weighted by Crippen LogP contribution is -2.39. The normalized spacial score (nSPS) is 11.2. The first-order valence-electron chi connectivity index (χ1n) is 6.67. The second-order valence-electron chi connectivity index (χ2n) is 5.36. The Morgan fingerprint density at radius 2 is 1.91 bits per heavy atom. The van der Waals surface area contributed by atoms with Gasteiger partial charge in [0.15, 0.2) is 0 Å². The summed E-state index contributed by atoms with van der Waals surface area (Å²) in [7, 11) is 0. The van der Waals surface area contributed by atoms with Crippen LogP contribution in [0.3, 0.4) is 0 Å². The molecular formula is C16H16ClNO4. The Balaban J connectivity index is 2.07. The number of furan rings is 1. The van der Waals surface area contributed by atoms with Crippen molar-refractivity contribution in [1.29, 1.82) is 0 Å². The molecular weight excluding hydrogens is 306 g/mol. The molecule has 0 saturated carbocycles. The summed E-state index contributed by atoms with van der Waals surface area (Å²) in [6.45, 7) is 3.66. The van der Waals surface area contributed by atoms with Crippen LogP contribution in [0.4, 0.5) is 0 Å². The number of benzene rings is 1. The van der Waals surface area contributed by atoms with Crippen LogP contribution in [0.25, 0.3) is 0 Å². The Labute approximate surface area is 132 Å². The highest BCUT2D eigenvalue weighted by Crippen LogP contribution is 2.29. The number of carboxylic acids is 1. The monoisotopic (exact) mass is 321 g/mol. The van der Waals surface area contributed by atoms with Crippen molar-refractivity contribution in [3.05, 3.63) is 58.5 Å². The molecule has 0 radical (unpaired) electrons. The smallest absolute Gasteiger partial charge is 0.371 e. The predicted octanol–water partition coefficient (Wildman–Crippen LogP) is 3.23. The maximum atomic E-state index is 12.4. The molecule has 0 aliphatic rings. The number of aromatic carboxylic acids is 1. The molecule has 5 nitrogen and oxygen atoms in total. The zero-order valence-electron chi connectivity index (χ0n) is 12.2. The van der Waals surface area contributed by atoms with Crippen LogP contribution >= 0.6 is 11.6 Å². The van der Waals surface area contributed by atoms with Crippen LogP contribution in [0, 0.1) is 0 Å². The molecule has 0 aliphatic heterocycles. The summed E-state index contributed by atoms with van der Waals surface area (Å²) < 4.78 is 5.10. The Hall–Kier alpha value is -2.27. The molecule has 0 atom stereocenters. The van der Waals surface area contributed by atoms with Gasteiger partial charge in [-0.1, -0.05) is 29.8 Å². The highest BCUT2D eigenvalue weighted by atomic mass is 35.5. The SMILES string of the molecule is CC(C)(C(=O)NCc1ccc(C(=O)O)o1)c1ccccc1Cl. The van der Waals surface area contributed by atoms with Gasteiger partial charge in [0.2, 0.25) is 11.7 Å². The second kappa shape index (κ2) is 6.23. The highest BCUT2D eigenvalue weighted by Gasteiger charge is 2.31. The van der Waals surface area contributed by atoms with Crippen molar-refractivity contribution < 1.29 is 19.1 Å². The average molecular weight is 322 g/mol. The average Bonchev–Trinajstić information content (AvgIpc) is 2.94. The fraction of sp³-hybridized carbons (Fsp3) is 0.250. The zero-order valence-corrected chi connectivity index (χ0v) is 13.0. The predicted molar refractivity (Wildman–Crippen MR) is 82.0 cm³/mol. The van der Waals surface area contributed by atoms with E-state index in [9.17, 15) is 9.59 Å². The van der Waals surface area contributed by atoms with E-state index in [4.69, 9.17) is 21.1 Å². The number of hydrogen-bond acceptors (Lipinski definition) is 3. The number of halogens is 1. The van der Waals surface area contributed by atoms with Gasteiger partial charge >= 0.3 is 5.97 Å². The lowest BCUT2D eigenvalue weighted by atomic mass is 9.83. The number of amides is 1. The highest BCUT2D eigenvalue weighted by molar-refractivity contribution is 6.31. The molecule has 2 N–H and O–H groups in total. The van der Waals surface area contributed by atoms with E-state index >= 15 is 0 Å². The third-order valence-electron chi connectivity index (χ3n) is 3.41. The van der Waals surface area contributed by atoms with Crippen molar-refractivity contribution >= 4 is 23.5 Å². The fourth-order valence-corrected chi connectivity index (χ4v) is 2.44. The summed E-state index contributed by atoms with van der Waals surface area (Å²) in [6.07, 6.45) is 0. The molecule has 1 amide bonds. The van der Waals surface area contributed by atoms with E-state index in [1.165, 1.54) is 12.1 Å². The van der Waals surface area contributed by atoms with Crippen LogP contribution in [0.2, 0.25) is 5.02 Å². The molecule has 1 aromatic heterocycles. The molecule has 0 saturated heterocycles. The van der Waals surface area contributed by atoms with E-state index in [1.54, 1.807) is 32.0 Å². The lowest BCUT2D eigenvalue weighted by molar-refractivity contribution is -0.125. The Morgan fingerprint density at radius 3 is 2.50 bits per heavy atom. The summed E-state index contributed by atoms with van der Waals surface area (Å²) in [5, 5.41) is 12.0. The van der Waals surface area contributed by atoms with Gasteiger partial charge in [0, 0.05) is 5.02 Å². The molecule has 0 fully saturated rings. The van der Waals surface area contributed by atoms with Gasteiger partial charge in [-0.3, -0.25) is 4.79 Å². The first-order chi connectivity index (χ1) is 10.3. The van der Waals surface area contributed by atoms with E-state index in [1.807, 2.05) is 6.07 Å². The minimum atomic E-state index is -1.14. The summed E-state index contributed by atoms with van der Waals surface area (Å²) in [5.41, 5.74) is -0.0968. The molecule has 0 bridgehead atoms. The third kappa shape index (κ3) is 3.31. The number of rotatable bonds is 5. The van der Waals surface area contributed by atoms with Gasteiger partial charge in [-0.15, -0.1) is 0 Å². The zero-order chi connectivity index (χ0) is 16.3. The summed E-state index contributed by atoms with van der Waals surface area (Å²) in [6, 6.07) is 10.0. The maximum Gasteiger partial charge on any atom is 0.371 e. The minimum Gasteiger partial charge on any atom is -0.475 e. The van der Waals surface area contributed by atoms with E-state index in [0.29, 0.717) is 10.8 Å². The molecule has 0 aliphatic carbocycles.